The van der Waals surface area contributed by atoms with Crippen molar-refractivity contribution in [2.24, 2.45) is 0 Å². The molecule has 0 radical (unpaired) electrons. The van der Waals surface area contributed by atoms with Crippen LogP contribution in [-0.2, 0) is 9.59 Å². The molecular weight excluding hydrogens is 302 g/mol. The molecule has 0 aliphatic rings. The number of amides is 2. The number of benzene rings is 2. The highest BCUT2D eigenvalue weighted by Crippen LogP contribution is 2.22. The first-order valence-electron chi connectivity index (χ1n) is 8.41. The summed E-state index contributed by atoms with van der Waals surface area (Å²) in [5, 5.41) is 5.07. The topological polar surface area (TPSA) is 53.9 Å². The second-order valence-electron chi connectivity index (χ2n) is 5.95. The van der Waals surface area contributed by atoms with E-state index in [9.17, 15) is 9.59 Å². The van der Waals surface area contributed by atoms with Crippen molar-refractivity contribution in [3.63, 3.8) is 0 Å². The Morgan fingerprint density at radius 3 is 2.38 bits per heavy atom. The Labute approximate surface area is 143 Å². The fourth-order valence-electron chi connectivity index (χ4n) is 2.81. The maximum absolute atomic E-state index is 12.3. The van der Waals surface area contributed by atoms with E-state index in [-0.39, 0.29) is 18.4 Å². The van der Waals surface area contributed by atoms with Crippen molar-refractivity contribution in [3.8, 4) is 0 Å². The molecule has 2 amide bonds. The summed E-state index contributed by atoms with van der Waals surface area (Å²) < 4.78 is 0. The first-order valence-corrected chi connectivity index (χ1v) is 8.41. The van der Waals surface area contributed by atoms with Gasteiger partial charge in [-0.15, -0.1) is 0 Å². The van der Waals surface area contributed by atoms with Crippen LogP contribution in [0.5, 0.6) is 0 Å². The van der Waals surface area contributed by atoms with Gasteiger partial charge in [-0.05, 0) is 25.3 Å². The molecule has 5 heteroatoms. The number of anilines is 1. The smallest absolute Gasteiger partial charge is 0.279 e. The van der Waals surface area contributed by atoms with Crippen LogP contribution in [0, 0.1) is 0 Å². The van der Waals surface area contributed by atoms with Gasteiger partial charge in [0.25, 0.3) is 11.8 Å². The first kappa shape index (κ1) is 17.9. The molecule has 0 saturated heterocycles. The number of likely N-dealkylation sites (N-methyl/N-ethyl adjacent to an activating group) is 2. The molecule has 0 aliphatic heterocycles. The lowest BCUT2D eigenvalue weighted by atomic mass is 10.1. The molecule has 0 heterocycles. The molecule has 2 aromatic rings. The molecule has 0 spiro atoms. The van der Waals surface area contributed by atoms with E-state index in [4.69, 9.17) is 0 Å². The monoisotopic (exact) mass is 328 g/mol. The van der Waals surface area contributed by atoms with Crippen LogP contribution >= 0.6 is 0 Å². The van der Waals surface area contributed by atoms with Gasteiger partial charge in [-0.25, -0.2) is 0 Å². The van der Waals surface area contributed by atoms with E-state index < -0.39 is 0 Å². The van der Waals surface area contributed by atoms with Crippen molar-refractivity contribution in [2.75, 3.05) is 38.5 Å². The molecule has 24 heavy (non-hydrogen) atoms. The van der Waals surface area contributed by atoms with Gasteiger partial charge in [0.2, 0.25) is 0 Å². The molecule has 5 nitrogen and oxygen atoms in total. The summed E-state index contributed by atoms with van der Waals surface area (Å²) in [6.45, 7) is 5.91. The number of carbonyl (C=O) groups is 2. The number of rotatable bonds is 7. The van der Waals surface area contributed by atoms with E-state index in [0.29, 0.717) is 19.6 Å². The van der Waals surface area contributed by atoms with E-state index >= 15 is 0 Å². The zero-order chi connectivity index (χ0) is 17.5. The first-order chi connectivity index (χ1) is 11.5. The molecule has 1 atom stereocenters. The number of fused-ring (bicyclic) bond motifs is 1. The van der Waals surface area contributed by atoms with Gasteiger partial charge < -0.3 is 15.1 Å². The Balaban J connectivity index is 1.96. The molecule has 0 bridgehead atoms. The molecule has 0 saturated carbocycles. The zero-order valence-electron chi connectivity index (χ0n) is 14.6. The van der Waals surface area contributed by atoms with Crippen LogP contribution in [0.2, 0.25) is 0 Å². The van der Waals surface area contributed by atoms with Gasteiger partial charge in [0.05, 0.1) is 7.05 Å². The molecule has 2 aromatic carbocycles. The van der Waals surface area contributed by atoms with Crippen molar-refractivity contribution < 1.29 is 14.5 Å². The van der Waals surface area contributed by atoms with Gasteiger partial charge in [-0.3, -0.25) is 9.59 Å². The summed E-state index contributed by atoms with van der Waals surface area (Å²) in [5.74, 6) is -0.00772. The standard InChI is InChI=1S/C19H25N3O2/c1-4-22(5-2)19(24)14-21(3)13-18(23)20-17-12-8-10-15-9-6-7-11-16(15)17/h6-12H,4-5,13-14H2,1-3H3,(H,20,23)/p+1. The molecule has 1 unspecified atom stereocenters. The SMILES string of the molecule is CCN(CC)C(=O)C[NH+](C)CC(=O)Nc1cccc2ccccc12. The summed E-state index contributed by atoms with van der Waals surface area (Å²) in [7, 11) is 1.87. The van der Waals surface area contributed by atoms with Crippen LogP contribution in [0.25, 0.3) is 10.8 Å². The Kier molecular flexibility index (Phi) is 6.32. The second kappa shape index (κ2) is 8.45. The third-order valence-corrected chi connectivity index (χ3v) is 4.10. The van der Waals surface area contributed by atoms with Crippen LogP contribution in [0.15, 0.2) is 42.5 Å². The normalized spacial score (nSPS) is 12.0. The fraction of sp³-hybridized carbons (Fsp3) is 0.368. The van der Waals surface area contributed by atoms with Crippen LogP contribution < -0.4 is 10.2 Å². The van der Waals surface area contributed by atoms with E-state index in [1.807, 2.05) is 63.4 Å². The van der Waals surface area contributed by atoms with E-state index in [1.54, 1.807) is 4.90 Å². The minimum atomic E-state index is -0.0869. The molecule has 128 valence electrons. The fourth-order valence-corrected chi connectivity index (χ4v) is 2.81. The van der Waals surface area contributed by atoms with Crippen molar-refractivity contribution in [3.05, 3.63) is 42.5 Å². The predicted molar refractivity (Wildman–Crippen MR) is 97.1 cm³/mol. The number of nitrogens with one attached hydrogen (secondary N) is 2. The molecule has 2 N–H and O–H groups in total. The average molecular weight is 328 g/mol. The molecular formula is C19H26N3O2+. The number of quaternary nitrogens is 1. The maximum Gasteiger partial charge on any atom is 0.279 e. The lowest BCUT2D eigenvalue weighted by molar-refractivity contribution is -0.862. The summed E-state index contributed by atoms with van der Waals surface area (Å²) in [6, 6.07) is 13.8. The van der Waals surface area contributed by atoms with Crippen molar-refractivity contribution >= 4 is 28.3 Å². The van der Waals surface area contributed by atoms with Crippen LogP contribution in [0.3, 0.4) is 0 Å². The van der Waals surface area contributed by atoms with Gasteiger partial charge in [0.1, 0.15) is 0 Å². The van der Waals surface area contributed by atoms with Gasteiger partial charge in [-0.2, -0.15) is 0 Å². The highest BCUT2D eigenvalue weighted by Gasteiger charge is 2.18. The highest BCUT2D eigenvalue weighted by atomic mass is 16.2. The Morgan fingerprint density at radius 1 is 1.00 bits per heavy atom. The lowest BCUT2D eigenvalue weighted by Gasteiger charge is -2.21. The Bertz CT molecular complexity index is 705. The summed E-state index contributed by atoms with van der Waals surface area (Å²) in [5.41, 5.74) is 0.806. The third-order valence-electron chi connectivity index (χ3n) is 4.10. The second-order valence-corrected chi connectivity index (χ2v) is 5.95. The van der Waals surface area contributed by atoms with Gasteiger partial charge in [-0.1, -0.05) is 36.4 Å². The number of nitrogens with zero attached hydrogens (tertiary/aromatic N) is 1. The van der Waals surface area contributed by atoms with Crippen LogP contribution in [0.1, 0.15) is 13.8 Å². The largest absolute Gasteiger partial charge is 0.338 e. The number of hydrogen-bond donors (Lipinski definition) is 2. The zero-order valence-corrected chi connectivity index (χ0v) is 14.6. The molecule has 0 aromatic heterocycles. The quantitative estimate of drug-likeness (QED) is 0.801. The van der Waals surface area contributed by atoms with Gasteiger partial charge >= 0.3 is 0 Å². The predicted octanol–water partition coefficient (Wildman–Crippen LogP) is 1.16. The van der Waals surface area contributed by atoms with Crippen LogP contribution in [0.4, 0.5) is 5.69 Å². The molecule has 0 aliphatic carbocycles. The third kappa shape index (κ3) is 4.55. The van der Waals surface area contributed by atoms with Crippen molar-refractivity contribution in [2.45, 2.75) is 13.8 Å². The van der Waals surface area contributed by atoms with Crippen LogP contribution in [-0.4, -0.2) is 49.9 Å². The van der Waals surface area contributed by atoms with Crippen molar-refractivity contribution in [1.29, 1.82) is 0 Å². The summed E-state index contributed by atoms with van der Waals surface area (Å²) >= 11 is 0. The van der Waals surface area contributed by atoms with E-state index in [0.717, 1.165) is 21.4 Å². The molecule has 2 rings (SSSR count). The highest BCUT2D eigenvalue weighted by molar-refractivity contribution is 6.02. The number of carbonyl (C=O) groups excluding carboxylic acids is 2. The lowest BCUT2D eigenvalue weighted by Crippen LogP contribution is -3.11. The van der Waals surface area contributed by atoms with E-state index in [1.165, 1.54) is 0 Å². The Morgan fingerprint density at radius 2 is 1.67 bits per heavy atom. The van der Waals surface area contributed by atoms with E-state index in [2.05, 4.69) is 5.32 Å². The summed E-state index contributed by atoms with van der Waals surface area (Å²) in [6.07, 6.45) is 0. The number of hydrogen-bond acceptors (Lipinski definition) is 2. The average Bonchev–Trinajstić information content (AvgIpc) is 2.56. The van der Waals surface area contributed by atoms with Crippen molar-refractivity contribution in [1.82, 2.24) is 4.90 Å². The van der Waals surface area contributed by atoms with Gasteiger partial charge in [0.15, 0.2) is 13.1 Å². The minimum absolute atomic E-state index is 0.0791. The Hall–Kier alpha value is -2.40. The molecule has 0 fully saturated rings. The minimum Gasteiger partial charge on any atom is -0.338 e. The van der Waals surface area contributed by atoms with Gasteiger partial charge in [0, 0.05) is 24.2 Å². The maximum atomic E-state index is 12.3. The summed E-state index contributed by atoms with van der Waals surface area (Å²) in [4.78, 5) is 27.1.